The van der Waals surface area contributed by atoms with Crippen LogP contribution in [0.4, 0.5) is 0 Å². The highest BCUT2D eigenvalue weighted by Gasteiger charge is 2.57. The number of nitrogens with zero attached hydrogens (tertiary/aromatic N) is 1. The first-order chi connectivity index (χ1) is 23.0. The largest absolute Gasteiger partial charge is 0.462 e. The number of Topliss-reactive ketones (excluding diaryl/α,β-unsaturated/α-hetero) is 1. The average molecular weight is 690 g/mol. The highest BCUT2D eigenvalue weighted by atomic mass is 32.1. The van der Waals surface area contributed by atoms with E-state index in [4.69, 9.17) is 33.4 Å². The highest BCUT2D eigenvalue weighted by molar-refractivity contribution is 7.12. The molecule has 1 N–H and O–H groups in total. The number of thiazole rings is 1. The van der Waals surface area contributed by atoms with Crippen LogP contribution in [-0.4, -0.2) is 92.2 Å². The van der Waals surface area contributed by atoms with E-state index in [2.05, 4.69) is 19.9 Å². The Kier molecular flexibility index (Phi) is 11.2. The summed E-state index contributed by atoms with van der Waals surface area (Å²) in [5.74, 6) is -0.657. The van der Waals surface area contributed by atoms with Gasteiger partial charge in [0, 0.05) is 55.8 Å². The van der Waals surface area contributed by atoms with Gasteiger partial charge >= 0.3 is 5.97 Å². The fourth-order valence-electron chi connectivity index (χ4n) is 9.25. The Labute approximate surface area is 289 Å². The van der Waals surface area contributed by atoms with Crippen molar-refractivity contribution in [3.05, 3.63) is 27.2 Å². The van der Waals surface area contributed by atoms with E-state index in [9.17, 15) is 14.7 Å². The minimum atomic E-state index is -0.742. The van der Waals surface area contributed by atoms with Crippen molar-refractivity contribution < 1.29 is 43.1 Å². The number of aromatic nitrogens is 1. The van der Waals surface area contributed by atoms with Crippen molar-refractivity contribution >= 4 is 23.1 Å². The molecule has 1 aromatic heterocycles. The summed E-state index contributed by atoms with van der Waals surface area (Å²) in [6, 6.07) is 0. The molecule has 0 amide bonds. The molecule has 14 atom stereocenters. The summed E-state index contributed by atoms with van der Waals surface area (Å²) in [6.45, 7) is 10.1. The number of fused-ring (bicyclic) bond motifs is 8. The Morgan fingerprint density at radius 3 is 2.42 bits per heavy atom. The van der Waals surface area contributed by atoms with Crippen LogP contribution < -0.4 is 0 Å². The van der Waals surface area contributed by atoms with Gasteiger partial charge in [-0.3, -0.25) is 9.59 Å². The fraction of sp³-hybridized carbons (Fsp3) is 0.811. The van der Waals surface area contributed by atoms with Gasteiger partial charge < -0.3 is 33.5 Å². The van der Waals surface area contributed by atoms with Crippen LogP contribution in [0.3, 0.4) is 0 Å². The molecule has 10 nitrogen and oxygen atoms in total. The Balaban J connectivity index is 1.34. The summed E-state index contributed by atoms with van der Waals surface area (Å²) in [5, 5.41) is 12.2. The molecule has 0 aromatic carbocycles. The number of hydrogen-bond donors (Lipinski definition) is 1. The van der Waals surface area contributed by atoms with Crippen molar-refractivity contribution in [1.82, 2.24) is 4.98 Å². The van der Waals surface area contributed by atoms with E-state index in [-0.39, 0.29) is 84.2 Å². The van der Waals surface area contributed by atoms with Crippen molar-refractivity contribution in [2.24, 2.45) is 23.7 Å². The normalized spacial score (nSPS) is 41.8. The summed E-state index contributed by atoms with van der Waals surface area (Å²) in [4.78, 5) is 34.3. The van der Waals surface area contributed by atoms with Crippen LogP contribution in [-0.2, 0) is 38.0 Å². The van der Waals surface area contributed by atoms with Gasteiger partial charge in [0.1, 0.15) is 24.4 Å². The second-order valence-electron chi connectivity index (χ2n) is 15.0. The lowest BCUT2D eigenvalue weighted by atomic mass is 9.67. The third-order valence-corrected chi connectivity index (χ3v) is 13.3. The van der Waals surface area contributed by atoms with Gasteiger partial charge in [-0.1, -0.05) is 33.8 Å². The van der Waals surface area contributed by atoms with Gasteiger partial charge in [0.25, 0.3) is 0 Å². The molecule has 1 aromatic rings. The fourth-order valence-corrected chi connectivity index (χ4v) is 10.6. The van der Waals surface area contributed by atoms with Gasteiger partial charge in [-0.2, -0.15) is 0 Å². The lowest BCUT2D eigenvalue weighted by Crippen LogP contribution is -2.59. The molecule has 6 rings (SSSR count). The second kappa shape index (κ2) is 14.9. The van der Waals surface area contributed by atoms with Gasteiger partial charge in [0.15, 0.2) is 12.1 Å². The molecule has 0 unspecified atom stereocenters. The van der Waals surface area contributed by atoms with Crippen molar-refractivity contribution in [2.75, 3.05) is 21.3 Å². The van der Waals surface area contributed by atoms with Crippen LogP contribution in [0.1, 0.15) is 113 Å². The number of aliphatic hydroxyl groups is 1. The molecule has 1 saturated carbocycles. The van der Waals surface area contributed by atoms with E-state index in [1.54, 1.807) is 32.7 Å². The van der Waals surface area contributed by atoms with E-state index in [1.807, 2.05) is 20.8 Å². The number of cyclic esters (lactones) is 1. The maximum absolute atomic E-state index is 14.2. The van der Waals surface area contributed by atoms with Crippen molar-refractivity contribution in [1.29, 1.82) is 0 Å². The van der Waals surface area contributed by atoms with E-state index < -0.39 is 24.4 Å². The van der Waals surface area contributed by atoms with Crippen LogP contribution in [0, 0.1) is 23.7 Å². The molecule has 3 fully saturated rings. The number of esters is 1. The van der Waals surface area contributed by atoms with Crippen LogP contribution in [0.2, 0.25) is 0 Å². The molecule has 3 heterocycles. The summed E-state index contributed by atoms with van der Waals surface area (Å²) in [7, 11) is 4.95. The standard InChI is InChI=1S/C37H55NO9S/c1-9-20-11-10-12-27(39)18(4)31(41)25-15-23-22-13-21(47-37-34(44-8)33(43-7)32(42-6)19(5)45-37)14-26(22)35-30(38-36(48-35)17(2)3)29(23)24(25)16-28(40)46-20/h15,17-24,26-27,29,32-34,37,39H,9-14,16H2,1-8H3/t18-,19+,20+,21+,22+,23+,24-,26-,27+,29-,32+,33-,34-,37+/m1/s1. The zero-order valence-electron chi connectivity index (χ0n) is 29.8. The summed E-state index contributed by atoms with van der Waals surface area (Å²) < 4.78 is 36.5. The minimum absolute atomic E-state index is 0.0143. The first-order valence-corrected chi connectivity index (χ1v) is 18.9. The van der Waals surface area contributed by atoms with Crippen LogP contribution in [0.25, 0.3) is 0 Å². The van der Waals surface area contributed by atoms with Gasteiger partial charge in [0.2, 0.25) is 0 Å². The summed E-state index contributed by atoms with van der Waals surface area (Å²) in [5.41, 5.74) is 1.69. The van der Waals surface area contributed by atoms with E-state index >= 15 is 0 Å². The zero-order valence-corrected chi connectivity index (χ0v) is 30.6. The number of hydrogen-bond acceptors (Lipinski definition) is 11. The molecule has 2 saturated heterocycles. The molecule has 3 aliphatic carbocycles. The predicted octanol–water partition coefficient (Wildman–Crippen LogP) is 5.67. The van der Waals surface area contributed by atoms with Gasteiger partial charge in [-0.05, 0) is 62.9 Å². The molecule has 48 heavy (non-hydrogen) atoms. The lowest BCUT2D eigenvalue weighted by molar-refractivity contribution is -0.314. The third-order valence-electron chi connectivity index (χ3n) is 11.8. The summed E-state index contributed by atoms with van der Waals surface area (Å²) in [6.07, 6.45) is 3.44. The number of carbonyl (C=O) groups excluding carboxylic acids is 2. The third kappa shape index (κ3) is 6.58. The van der Waals surface area contributed by atoms with Crippen molar-refractivity contribution in [2.45, 2.75) is 146 Å². The van der Waals surface area contributed by atoms with Gasteiger partial charge in [-0.15, -0.1) is 11.3 Å². The molecular formula is C37H55NO9S. The minimum Gasteiger partial charge on any atom is -0.462 e. The van der Waals surface area contributed by atoms with E-state index in [0.717, 1.165) is 30.0 Å². The maximum atomic E-state index is 14.2. The van der Waals surface area contributed by atoms with Crippen molar-refractivity contribution in [3.63, 3.8) is 0 Å². The number of ketones is 1. The first kappa shape index (κ1) is 36.1. The van der Waals surface area contributed by atoms with E-state index in [1.165, 1.54) is 4.88 Å². The van der Waals surface area contributed by atoms with Crippen LogP contribution in [0.15, 0.2) is 11.6 Å². The number of allylic oxidation sites excluding steroid dienone is 2. The maximum Gasteiger partial charge on any atom is 0.306 e. The van der Waals surface area contributed by atoms with Crippen LogP contribution >= 0.6 is 11.3 Å². The monoisotopic (exact) mass is 689 g/mol. The topological polar surface area (TPSA) is 123 Å². The highest BCUT2D eigenvalue weighted by Crippen LogP contribution is 2.62. The smallest absolute Gasteiger partial charge is 0.306 e. The number of aliphatic hydroxyl groups excluding tert-OH is 1. The molecule has 0 spiro atoms. The average Bonchev–Trinajstić information content (AvgIpc) is 3.78. The van der Waals surface area contributed by atoms with Gasteiger partial charge in [0.05, 0.1) is 35.4 Å². The SMILES string of the molecule is CC[C@H]1CCC[C@H](O)[C@@H](C)C(=O)C2=C[C@H]3[C@@H]4C[C@H](O[C@@H]5O[C@@H](C)[C@H](OC)[C@@H](OC)[C@H]5OC)C[C@H]4c4sc(C(C)C)nc4[C@H]3[C@@H]2CC(=O)O1. The molecule has 0 radical (unpaired) electrons. The predicted molar refractivity (Wildman–Crippen MR) is 180 cm³/mol. The zero-order chi connectivity index (χ0) is 34.4. The number of ether oxygens (including phenoxy) is 6. The molecule has 2 aliphatic heterocycles. The Morgan fingerprint density at radius 1 is 1.02 bits per heavy atom. The van der Waals surface area contributed by atoms with Gasteiger partial charge in [-0.25, -0.2) is 4.98 Å². The lowest BCUT2D eigenvalue weighted by Gasteiger charge is -2.44. The second-order valence-corrected chi connectivity index (χ2v) is 16.0. The first-order valence-electron chi connectivity index (χ1n) is 18.0. The van der Waals surface area contributed by atoms with Crippen LogP contribution in [0.5, 0.6) is 0 Å². The number of methoxy groups -OCH3 is 3. The molecule has 11 heteroatoms. The molecule has 268 valence electrons. The number of carbonyl (C=O) groups is 2. The molecule has 5 aliphatic rings. The quantitative estimate of drug-likeness (QED) is 0.359. The Hall–Kier alpha value is -1.73. The Morgan fingerprint density at radius 2 is 1.75 bits per heavy atom. The van der Waals surface area contributed by atoms with E-state index in [0.29, 0.717) is 24.8 Å². The van der Waals surface area contributed by atoms with Crippen molar-refractivity contribution in [3.8, 4) is 0 Å². The molecule has 0 bridgehead atoms. The molecular weight excluding hydrogens is 634 g/mol. The Bertz CT molecular complexity index is 1350. The number of rotatable bonds is 7. The summed E-state index contributed by atoms with van der Waals surface area (Å²) >= 11 is 1.78.